The standard InChI is InChI=1S/C16H16N4OS.ClH/c17-13-4-1-5-14-12(13)3-2-6-19(14)10-11-9-15(21)20-7-8-22-16(20)18-11;/h1,4-5,7-9H,2-3,6,10,17H2;1H. The Morgan fingerprint density at radius 3 is 3.09 bits per heavy atom. The summed E-state index contributed by atoms with van der Waals surface area (Å²) in [5, 5.41) is 1.88. The predicted octanol–water partition coefficient (Wildman–Crippen LogP) is 2.71. The maximum atomic E-state index is 12.1. The number of nitrogens with two attached hydrogens (primary N) is 1. The highest BCUT2D eigenvalue weighted by atomic mass is 35.5. The van der Waals surface area contributed by atoms with E-state index in [2.05, 4.69) is 16.0 Å². The van der Waals surface area contributed by atoms with Gasteiger partial charge in [-0.3, -0.25) is 9.20 Å². The molecule has 7 heteroatoms. The normalized spacial score (nSPS) is 13.7. The quantitative estimate of drug-likeness (QED) is 0.723. The van der Waals surface area contributed by atoms with E-state index in [0.717, 1.165) is 35.7 Å². The first kappa shape index (κ1) is 15.8. The molecule has 0 aliphatic carbocycles. The molecule has 1 aliphatic rings. The molecule has 4 rings (SSSR count). The third-order valence-electron chi connectivity index (χ3n) is 4.09. The van der Waals surface area contributed by atoms with Crippen LogP contribution in [0.15, 0.2) is 40.6 Å². The first-order chi connectivity index (χ1) is 10.7. The fourth-order valence-electron chi connectivity index (χ4n) is 3.06. The van der Waals surface area contributed by atoms with Crippen LogP contribution < -0.4 is 16.2 Å². The lowest BCUT2D eigenvalue weighted by molar-refractivity contribution is 0.684. The molecule has 0 saturated heterocycles. The van der Waals surface area contributed by atoms with Gasteiger partial charge < -0.3 is 10.6 Å². The number of fused-ring (bicyclic) bond motifs is 2. The number of nitrogen functional groups attached to an aromatic ring is 1. The fraction of sp³-hybridized carbons (Fsp3) is 0.250. The monoisotopic (exact) mass is 348 g/mol. The van der Waals surface area contributed by atoms with Gasteiger partial charge in [-0.05, 0) is 30.5 Å². The Labute approximate surface area is 143 Å². The molecule has 0 spiro atoms. The van der Waals surface area contributed by atoms with Crippen LogP contribution in [-0.2, 0) is 13.0 Å². The van der Waals surface area contributed by atoms with Crippen molar-refractivity contribution in [3.05, 3.63) is 57.5 Å². The third kappa shape index (κ3) is 2.80. The van der Waals surface area contributed by atoms with Crippen molar-refractivity contribution in [2.24, 2.45) is 0 Å². The van der Waals surface area contributed by atoms with E-state index in [0.29, 0.717) is 6.54 Å². The second-order valence-electron chi connectivity index (χ2n) is 5.51. The number of benzene rings is 1. The SMILES string of the molecule is Cl.Nc1cccc2c1CCCN2Cc1cc(=O)n2ccsc2n1. The minimum absolute atomic E-state index is 0. The Kier molecular flexibility index (Phi) is 4.28. The van der Waals surface area contributed by atoms with Crippen LogP contribution in [0.4, 0.5) is 11.4 Å². The summed E-state index contributed by atoms with van der Waals surface area (Å²) in [6.07, 6.45) is 3.84. The van der Waals surface area contributed by atoms with E-state index in [-0.39, 0.29) is 18.0 Å². The molecule has 1 aliphatic heterocycles. The molecule has 3 heterocycles. The molecule has 0 saturated carbocycles. The van der Waals surface area contributed by atoms with Gasteiger partial charge in [0.2, 0.25) is 0 Å². The minimum Gasteiger partial charge on any atom is -0.398 e. The molecule has 23 heavy (non-hydrogen) atoms. The summed E-state index contributed by atoms with van der Waals surface area (Å²) < 4.78 is 1.58. The van der Waals surface area contributed by atoms with Gasteiger partial charge in [0.25, 0.3) is 5.56 Å². The van der Waals surface area contributed by atoms with Crippen LogP contribution in [-0.4, -0.2) is 15.9 Å². The topological polar surface area (TPSA) is 63.6 Å². The highest BCUT2D eigenvalue weighted by molar-refractivity contribution is 7.15. The van der Waals surface area contributed by atoms with Crippen LogP contribution >= 0.6 is 23.7 Å². The average Bonchev–Trinajstić information content (AvgIpc) is 2.97. The van der Waals surface area contributed by atoms with Crippen molar-refractivity contribution in [2.45, 2.75) is 19.4 Å². The molecular weight excluding hydrogens is 332 g/mol. The smallest absolute Gasteiger partial charge is 0.258 e. The van der Waals surface area contributed by atoms with Crippen LogP contribution in [0.3, 0.4) is 0 Å². The number of aromatic nitrogens is 2. The number of rotatable bonds is 2. The molecule has 0 unspecified atom stereocenters. The van der Waals surface area contributed by atoms with Gasteiger partial charge >= 0.3 is 0 Å². The van der Waals surface area contributed by atoms with Crippen LogP contribution in [0, 0.1) is 0 Å². The van der Waals surface area contributed by atoms with E-state index >= 15 is 0 Å². The van der Waals surface area contributed by atoms with Crippen LogP contribution in [0.25, 0.3) is 4.96 Å². The number of thiazole rings is 1. The average molecular weight is 349 g/mol. The first-order valence-electron chi connectivity index (χ1n) is 7.30. The molecule has 3 aromatic rings. The van der Waals surface area contributed by atoms with E-state index in [9.17, 15) is 4.79 Å². The lowest BCUT2D eigenvalue weighted by atomic mass is 10.00. The summed E-state index contributed by atoms with van der Waals surface area (Å²) in [4.78, 5) is 19.7. The molecule has 2 aromatic heterocycles. The van der Waals surface area contributed by atoms with Crippen molar-refractivity contribution in [3.63, 3.8) is 0 Å². The van der Waals surface area contributed by atoms with Gasteiger partial charge in [-0.25, -0.2) is 4.98 Å². The summed E-state index contributed by atoms with van der Waals surface area (Å²) in [6, 6.07) is 7.66. The van der Waals surface area contributed by atoms with Gasteiger partial charge in [0, 0.05) is 35.6 Å². The predicted molar refractivity (Wildman–Crippen MR) is 96.8 cm³/mol. The maximum absolute atomic E-state index is 12.1. The second kappa shape index (κ2) is 6.22. The maximum Gasteiger partial charge on any atom is 0.258 e. The Bertz CT molecular complexity index is 904. The number of nitrogens with zero attached hydrogens (tertiary/aromatic N) is 3. The van der Waals surface area contributed by atoms with Crippen LogP contribution in [0.2, 0.25) is 0 Å². The zero-order valence-corrected chi connectivity index (χ0v) is 14.1. The number of hydrogen-bond acceptors (Lipinski definition) is 5. The lowest BCUT2D eigenvalue weighted by Crippen LogP contribution is -2.30. The Morgan fingerprint density at radius 2 is 2.22 bits per heavy atom. The van der Waals surface area contributed by atoms with Crippen molar-refractivity contribution >= 4 is 40.1 Å². The van der Waals surface area contributed by atoms with Gasteiger partial charge in [0.15, 0.2) is 4.96 Å². The molecule has 0 radical (unpaired) electrons. The van der Waals surface area contributed by atoms with Crippen molar-refractivity contribution in [2.75, 3.05) is 17.2 Å². The summed E-state index contributed by atoms with van der Waals surface area (Å²) in [7, 11) is 0. The molecule has 120 valence electrons. The highest BCUT2D eigenvalue weighted by Gasteiger charge is 2.19. The highest BCUT2D eigenvalue weighted by Crippen LogP contribution is 2.31. The molecule has 2 N–H and O–H groups in total. The second-order valence-corrected chi connectivity index (χ2v) is 6.38. The Balaban J connectivity index is 0.00000156. The minimum atomic E-state index is -0.0222. The molecule has 0 fully saturated rings. The zero-order valence-electron chi connectivity index (χ0n) is 12.4. The summed E-state index contributed by atoms with van der Waals surface area (Å²) in [5.74, 6) is 0. The van der Waals surface area contributed by atoms with E-state index in [1.807, 2.05) is 17.5 Å². The van der Waals surface area contributed by atoms with Crippen LogP contribution in [0.5, 0.6) is 0 Å². The molecular formula is C16H17ClN4OS. The molecule has 1 aromatic carbocycles. The summed E-state index contributed by atoms with van der Waals surface area (Å²) >= 11 is 1.48. The largest absolute Gasteiger partial charge is 0.398 e. The van der Waals surface area contributed by atoms with Gasteiger partial charge in [-0.2, -0.15) is 0 Å². The van der Waals surface area contributed by atoms with Crippen molar-refractivity contribution in [1.82, 2.24) is 9.38 Å². The number of hydrogen-bond donors (Lipinski definition) is 1. The number of halogens is 1. The third-order valence-corrected chi connectivity index (χ3v) is 4.85. The fourth-order valence-corrected chi connectivity index (χ4v) is 3.80. The molecule has 0 atom stereocenters. The summed E-state index contributed by atoms with van der Waals surface area (Å²) in [5.41, 5.74) is 10.1. The Morgan fingerprint density at radius 1 is 1.35 bits per heavy atom. The first-order valence-corrected chi connectivity index (χ1v) is 8.18. The van der Waals surface area contributed by atoms with E-state index in [4.69, 9.17) is 5.73 Å². The van der Waals surface area contributed by atoms with E-state index < -0.39 is 0 Å². The van der Waals surface area contributed by atoms with Crippen molar-refractivity contribution in [1.29, 1.82) is 0 Å². The van der Waals surface area contributed by atoms with E-state index in [1.54, 1.807) is 16.7 Å². The van der Waals surface area contributed by atoms with Gasteiger partial charge in [0.1, 0.15) is 0 Å². The van der Waals surface area contributed by atoms with Gasteiger partial charge in [-0.15, -0.1) is 23.7 Å². The molecule has 0 amide bonds. The number of anilines is 2. The lowest BCUT2D eigenvalue weighted by Gasteiger charge is -2.31. The van der Waals surface area contributed by atoms with Crippen LogP contribution in [0.1, 0.15) is 17.7 Å². The summed E-state index contributed by atoms with van der Waals surface area (Å²) in [6.45, 7) is 1.60. The van der Waals surface area contributed by atoms with Gasteiger partial charge in [-0.1, -0.05) is 6.07 Å². The van der Waals surface area contributed by atoms with Crippen molar-refractivity contribution in [3.8, 4) is 0 Å². The molecule has 0 bridgehead atoms. The van der Waals surface area contributed by atoms with E-state index in [1.165, 1.54) is 22.6 Å². The molecule has 5 nitrogen and oxygen atoms in total. The van der Waals surface area contributed by atoms with Gasteiger partial charge in [0.05, 0.1) is 12.2 Å². The zero-order chi connectivity index (χ0) is 15.1. The Hall–Kier alpha value is -2.05. The van der Waals surface area contributed by atoms with Crippen molar-refractivity contribution < 1.29 is 0 Å².